The summed E-state index contributed by atoms with van der Waals surface area (Å²) in [4.78, 5) is 0. The largest absolute Gasteiger partial charge is 1.00 e. The third-order valence-corrected chi connectivity index (χ3v) is 1.84. The molecular weight excluding hydrogens is 153 g/mol. The van der Waals surface area contributed by atoms with Crippen LogP contribution < -0.4 is 24.8 Å². The molecule has 0 aromatic rings. The second-order valence-electron chi connectivity index (χ2n) is 0.558. The van der Waals surface area contributed by atoms with E-state index in [2.05, 4.69) is 22.8 Å². The Balaban J connectivity index is -0.0000000450. The van der Waals surface area contributed by atoms with Gasteiger partial charge in [-0.2, -0.15) is 0 Å². The van der Waals surface area contributed by atoms with Crippen LogP contribution in [0.5, 0.6) is 0 Å². The topological polar surface area (TPSA) is 0 Å². The van der Waals surface area contributed by atoms with Crippen molar-refractivity contribution in [3.05, 3.63) is 0 Å². The molecule has 1 unspecified atom stereocenters. The predicted octanol–water partition coefficient (Wildman–Crippen LogP) is -5.22. The number of hydrogen-bond donors (Lipinski definition) is 0. The molecule has 0 radical (unpaired) electrons. The van der Waals surface area contributed by atoms with Gasteiger partial charge in [0.2, 0.25) is 0 Å². The molecule has 0 nitrogen and oxygen atoms in total. The fraction of sp³-hybridized carbons (Fsp3) is 1.00. The van der Waals surface area contributed by atoms with Gasteiger partial charge in [0.05, 0.1) is 0 Å². The van der Waals surface area contributed by atoms with Crippen molar-refractivity contribution in [2.75, 3.05) is 6.16 Å². The van der Waals surface area contributed by atoms with E-state index in [0.717, 1.165) is 7.23 Å². The average Bonchev–Trinajstić information content (AvgIpc) is 1.37. The van der Waals surface area contributed by atoms with Gasteiger partial charge in [-0.25, -0.2) is 0 Å². The van der Waals surface area contributed by atoms with Crippen molar-refractivity contribution in [2.45, 2.75) is 6.92 Å². The maximum absolute atomic E-state index is 2.68. The van der Waals surface area contributed by atoms with Gasteiger partial charge in [0.15, 0.2) is 0 Å². The summed E-state index contributed by atoms with van der Waals surface area (Å²) in [5, 5.41) is 0. The van der Waals surface area contributed by atoms with E-state index in [-0.39, 0.29) is 24.8 Å². The number of hydrogen-bond acceptors (Lipinski definition) is 0. The van der Waals surface area contributed by atoms with E-state index in [1.165, 1.54) is 6.16 Å². The van der Waals surface area contributed by atoms with Gasteiger partial charge in [-0.15, -0.1) is 0 Å². The Bertz CT molecular complexity index is 13.5. The average molecular weight is 159 g/mol. The fourth-order valence-corrected chi connectivity index (χ4v) is 0. The molecule has 0 saturated heterocycles. The molecule has 0 amide bonds. The van der Waals surface area contributed by atoms with Crippen LogP contribution in [-0.4, -0.2) is 22.0 Å². The third-order valence-electron chi connectivity index (χ3n) is 0.204. The van der Waals surface area contributed by atoms with Crippen molar-refractivity contribution < 1.29 is 24.8 Å². The molecule has 0 aliphatic rings. The summed E-state index contributed by atoms with van der Waals surface area (Å²) in [6.45, 7) is 2.17. The molecule has 0 spiro atoms. The van der Waals surface area contributed by atoms with E-state index >= 15 is 0 Å². The minimum absolute atomic E-state index is 0. The van der Waals surface area contributed by atoms with E-state index in [1.807, 2.05) is 0 Å². The molecule has 0 bridgehead atoms. The second kappa shape index (κ2) is 16.0. The van der Waals surface area contributed by atoms with E-state index in [9.17, 15) is 0 Å². The van der Waals surface area contributed by atoms with Crippen molar-refractivity contribution in [3.8, 4) is 0 Å². The van der Waals surface area contributed by atoms with Crippen LogP contribution in [0.15, 0.2) is 0 Å². The molecule has 36 valence electrons. The van der Waals surface area contributed by atoms with Crippen LogP contribution >= 0.6 is 7.23 Å². The third kappa shape index (κ3) is 17.7. The maximum atomic E-state index is 2.68. The van der Waals surface area contributed by atoms with E-state index < -0.39 is 0 Å². The summed E-state index contributed by atoms with van der Waals surface area (Å²) >= 11 is 2.68. The van der Waals surface area contributed by atoms with Gasteiger partial charge in [0.25, 0.3) is 0 Å². The summed E-state index contributed by atoms with van der Waals surface area (Å²) in [5.74, 6) is 0. The first-order valence-electron chi connectivity index (χ1n) is 1.35. The first-order chi connectivity index (χ1) is 1.91. The molecule has 0 aliphatic heterocycles. The summed E-state index contributed by atoms with van der Waals surface area (Å²) in [5.41, 5.74) is 0. The van der Waals surface area contributed by atoms with Crippen LogP contribution in [0.1, 0.15) is 6.92 Å². The molecule has 0 fully saturated rings. The Morgan fingerprint density at radius 1 is 1.50 bits per heavy atom. The van der Waals surface area contributed by atoms with E-state index in [4.69, 9.17) is 0 Å². The molecule has 1 atom stereocenters. The molecule has 6 heavy (non-hydrogen) atoms. The normalized spacial score (nSPS) is 7.17. The summed E-state index contributed by atoms with van der Waals surface area (Å²) in [7, 11) is 1.06. The number of rotatable bonds is 1. The minimum atomic E-state index is 0. The molecular formula is C2H6AlCl2P. The quantitative estimate of drug-likeness (QED) is 0.265. The van der Waals surface area contributed by atoms with Crippen LogP contribution in [0.25, 0.3) is 0 Å². The Hall–Kier alpha value is 1.54. The number of halogens is 2. The zero-order chi connectivity index (χ0) is 3.41. The molecule has 0 aliphatic carbocycles. The molecule has 0 aromatic heterocycles. The van der Waals surface area contributed by atoms with Gasteiger partial charge in [-0.1, -0.05) is 0 Å². The SMILES string of the molecule is CC[PH][Al+2].[Cl-].[Cl-]. The monoisotopic (exact) mass is 158 g/mol. The van der Waals surface area contributed by atoms with Gasteiger partial charge in [0.1, 0.15) is 0 Å². The minimum Gasteiger partial charge on any atom is -1.00 e. The van der Waals surface area contributed by atoms with Crippen LogP contribution in [0.3, 0.4) is 0 Å². The fourth-order valence-electron chi connectivity index (χ4n) is 0. The van der Waals surface area contributed by atoms with Crippen LogP contribution in [0.4, 0.5) is 0 Å². The molecule has 4 heteroatoms. The Labute approximate surface area is 61.1 Å². The van der Waals surface area contributed by atoms with Crippen molar-refractivity contribution in [1.29, 1.82) is 0 Å². The van der Waals surface area contributed by atoms with Crippen molar-refractivity contribution in [1.82, 2.24) is 0 Å². The van der Waals surface area contributed by atoms with Crippen LogP contribution in [0.2, 0.25) is 0 Å². The van der Waals surface area contributed by atoms with E-state index in [0.29, 0.717) is 0 Å². The zero-order valence-corrected chi connectivity index (χ0v) is 7.21. The van der Waals surface area contributed by atoms with Gasteiger partial charge in [-0.3, -0.25) is 0 Å². The standard InChI is InChI=1S/C2H6P.Al.2ClH/c1-2-3;;;/h3H,2H2,1H3;;2*1H/q-1;+3;;/p-2. The Morgan fingerprint density at radius 3 is 1.67 bits per heavy atom. The summed E-state index contributed by atoms with van der Waals surface area (Å²) in [6.07, 6.45) is 1.31. The summed E-state index contributed by atoms with van der Waals surface area (Å²) < 4.78 is 0. The van der Waals surface area contributed by atoms with Crippen LogP contribution in [0, 0.1) is 0 Å². The van der Waals surface area contributed by atoms with Crippen molar-refractivity contribution in [2.24, 2.45) is 0 Å². The predicted molar refractivity (Wildman–Crippen MR) is 24.6 cm³/mol. The van der Waals surface area contributed by atoms with Gasteiger partial charge < -0.3 is 24.8 Å². The van der Waals surface area contributed by atoms with Crippen LogP contribution in [-0.2, 0) is 0 Å². The molecule has 0 saturated carbocycles. The first kappa shape index (κ1) is 15.6. The Morgan fingerprint density at radius 2 is 1.67 bits per heavy atom. The summed E-state index contributed by atoms with van der Waals surface area (Å²) in [6, 6.07) is 0. The second-order valence-corrected chi connectivity index (χ2v) is 2.90. The molecule has 0 N–H and O–H groups in total. The van der Waals surface area contributed by atoms with Crippen molar-refractivity contribution in [3.63, 3.8) is 0 Å². The van der Waals surface area contributed by atoms with Gasteiger partial charge >= 0.3 is 36.2 Å². The smallest absolute Gasteiger partial charge is 1.00 e. The molecule has 0 heterocycles. The van der Waals surface area contributed by atoms with E-state index in [1.54, 1.807) is 0 Å². The maximum Gasteiger partial charge on any atom is -1.00 e. The van der Waals surface area contributed by atoms with Gasteiger partial charge in [-0.05, 0) is 0 Å². The van der Waals surface area contributed by atoms with Crippen molar-refractivity contribution >= 4 is 23.1 Å². The molecule has 0 aromatic carbocycles. The Kier molecular flexibility index (Phi) is 41.8. The van der Waals surface area contributed by atoms with Gasteiger partial charge in [0, 0.05) is 0 Å². The molecule has 0 rings (SSSR count). The zero-order valence-electron chi connectivity index (χ0n) is 3.54. The first-order valence-corrected chi connectivity index (χ1v) is 4.37.